The molecule has 3 N–H and O–H groups in total. The van der Waals surface area contributed by atoms with Crippen molar-refractivity contribution in [1.82, 2.24) is 15.2 Å². The number of anilines is 1. The second-order valence-corrected chi connectivity index (χ2v) is 10.7. The molecule has 3 heterocycles. The van der Waals surface area contributed by atoms with Gasteiger partial charge in [-0.25, -0.2) is 4.98 Å². The van der Waals surface area contributed by atoms with Crippen molar-refractivity contribution in [2.45, 2.75) is 29.8 Å². The summed E-state index contributed by atoms with van der Waals surface area (Å²) in [7, 11) is 0. The van der Waals surface area contributed by atoms with Gasteiger partial charge < -0.3 is 25.5 Å². The first-order valence-electron chi connectivity index (χ1n) is 10.9. The van der Waals surface area contributed by atoms with Crippen LogP contribution in [0.5, 0.6) is 0 Å². The summed E-state index contributed by atoms with van der Waals surface area (Å²) in [5.41, 5.74) is 6.24. The molecule has 2 aliphatic heterocycles. The standard InChI is InChI=1S/C21H21ClN6O7S2/c1-2-35-26-14(13-8-36-20(23)24-13)16(29)25-15-17(30)27-9-21(22,10-37-18(15)27)19(31)34-7-11-3-5-12(6-4-11)28(32)33/h3-6,8,15,18H,2,7,9-10H2,1H3,(H2,23,24)(H,25,29)/t15?,18-,21?/m1/s1. The average molecular weight is 569 g/mol. The molecule has 0 bridgehead atoms. The lowest BCUT2D eigenvalue weighted by Crippen LogP contribution is -2.74. The Bertz CT molecular complexity index is 1260. The van der Waals surface area contributed by atoms with Crippen molar-refractivity contribution in [3.63, 3.8) is 0 Å². The maximum absolute atomic E-state index is 12.9. The van der Waals surface area contributed by atoms with Crippen molar-refractivity contribution in [3.8, 4) is 0 Å². The number of ether oxygens (including phenoxy) is 1. The van der Waals surface area contributed by atoms with Crippen LogP contribution < -0.4 is 11.1 Å². The third-order valence-corrected chi connectivity index (χ3v) is 8.25. The number of oxime groups is 1. The van der Waals surface area contributed by atoms with Gasteiger partial charge in [0.25, 0.3) is 11.6 Å². The molecule has 0 radical (unpaired) electrons. The van der Waals surface area contributed by atoms with Crippen LogP contribution in [0.4, 0.5) is 10.8 Å². The maximum atomic E-state index is 12.9. The molecule has 2 amide bonds. The normalized spacial score (nSPS) is 23.0. The van der Waals surface area contributed by atoms with Crippen LogP contribution in [0, 0.1) is 10.1 Å². The smallest absolute Gasteiger partial charge is 0.330 e. The first-order valence-corrected chi connectivity index (χ1v) is 13.2. The van der Waals surface area contributed by atoms with Crippen LogP contribution in [-0.4, -0.2) is 73.5 Å². The van der Waals surface area contributed by atoms with E-state index in [1.165, 1.54) is 40.9 Å². The summed E-state index contributed by atoms with van der Waals surface area (Å²) in [4.78, 5) is 57.7. The number of aromatic nitrogens is 1. The van der Waals surface area contributed by atoms with Crippen molar-refractivity contribution in [1.29, 1.82) is 0 Å². The minimum absolute atomic E-state index is 0.0800. The topological polar surface area (TPSA) is 179 Å². The molecule has 0 saturated carbocycles. The number of nitrogens with two attached hydrogens (primary N) is 1. The Kier molecular flexibility index (Phi) is 7.85. The number of esters is 1. The number of amides is 2. The van der Waals surface area contributed by atoms with Gasteiger partial charge in [-0.05, 0) is 24.6 Å². The van der Waals surface area contributed by atoms with Gasteiger partial charge in [-0.1, -0.05) is 5.16 Å². The summed E-state index contributed by atoms with van der Waals surface area (Å²) in [5.74, 6) is -1.64. The Balaban J connectivity index is 1.35. The highest BCUT2D eigenvalue weighted by Crippen LogP contribution is 2.41. The van der Waals surface area contributed by atoms with Gasteiger partial charge in [0.15, 0.2) is 15.7 Å². The Hall–Kier alpha value is -3.43. The van der Waals surface area contributed by atoms with E-state index in [-0.39, 0.29) is 47.7 Å². The summed E-state index contributed by atoms with van der Waals surface area (Å²) in [6.45, 7) is 1.70. The number of non-ortho nitro benzene ring substituents is 1. The molecule has 3 atom stereocenters. The van der Waals surface area contributed by atoms with Crippen LogP contribution in [0.15, 0.2) is 34.8 Å². The number of hydrogen-bond donors (Lipinski definition) is 2. The highest BCUT2D eigenvalue weighted by Gasteiger charge is 2.57. The summed E-state index contributed by atoms with van der Waals surface area (Å²) < 4.78 is 5.32. The fraction of sp³-hybridized carbons (Fsp3) is 0.381. The molecule has 0 aliphatic carbocycles. The molecule has 1 aromatic carbocycles. The fourth-order valence-corrected chi connectivity index (χ4v) is 5.90. The zero-order valence-corrected chi connectivity index (χ0v) is 21.7. The molecule has 2 saturated heterocycles. The van der Waals surface area contributed by atoms with Gasteiger partial charge in [0.05, 0.1) is 11.5 Å². The second kappa shape index (κ2) is 10.9. The SMILES string of the molecule is CCON=C(C(=O)NC1C(=O)N2CC(Cl)(C(=O)OCc3ccc([N+](=O)[O-])cc3)CS[C@H]12)c1csc(N)n1. The van der Waals surface area contributed by atoms with Gasteiger partial charge in [-0.2, -0.15) is 0 Å². The fourth-order valence-electron chi connectivity index (χ4n) is 3.60. The number of halogens is 1. The first kappa shape index (κ1) is 26.6. The van der Waals surface area contributed by atoms with E-state index in [0.717, 1.165) is 11.3 Å². The van der Waals surface area contributed by atoms with Crippen LogP contribution in [0.1, 0.15) is 18.2 Å². The summed E-state index contributed by atoms with van der Waals surface area (Å²) in [6, 6.07) is 4.72. The number of thioether (sulfide) groups is 1. The molecular weight excluding hydrogens is 548 g/mol. The number of nitrogens with one attached hydrogen (secondary N) is 1. The molecule has 1 aromatic heterocycles. The van der Waals surface area contributed by atoms with Gasteiger partial charge in [-0.3, -0.25) is 24.5 Å². The first-order chi connectivity index (χ1) is 17.6. The highest BCUT2D eigenvalue weighted by atomic mass is 35.5. The zero-order chi connectivity index (χ0) is 26.7. The van der Waals surface area contributed by atoms with Crippen molar-refractivity contribution < 1.29 is 28.9 Å². The number of nitro benzene ring substituents is 1. The van der Waals surface area contributed by atoms with E-state index < -0.39 is 39.0 Å². The number of nitrogens with zero attached hydrogens (tertiary/aromatic N) is 4. The van der Waals surface area contributed by atoms with Gasteiger partial charge >= 0.3 is 5.97 Å². The monoisotopic (exact) mass is 568 g/mol. The molecule has 2 fully saturated rings. The predicted octanol–water partition coefficient (Wildman–Crippen LogP) is 1.49. The van der Waals surface area contributed by atoms with E-state index in [1.807, 2.05) is 0 Å². The van der Waals surface area contributed by atoms with Crippen LogP contribution in [0.25, 0.3) is 0 Å². The number of benzene rings is 1. The molecule has 16 heteroatoms. The molecule has 37 heavy (non-hydrogen) atoms. The van der Waals surface area contributed by atoms with E-state index in [4.69, 9.17) is 26.9 Å². The minimum atomic E-state index is -1.48. The van der Waals surface area contributed by atoms with Crippen LogP contribution in [0.2, 0.25) is 0 Å². The van der Waals surface area contributed by atoms with Gasteiger partial charge in [-0.15, -0.1) is 34.7 Å². The summed E-state index contributed by atoms with van der Waals surface area (Å²) >= 11 is 8.91. The van der Waals surface area contributed by atoms with Crippen LogP contribution in [-0.2, 0) is 30.6 Å². The predicted molar refractivity (Wildman–Crippen MR) is 136 cm³/mol. The number of nitro groups is 1. The summed E-state index contributed by atoms with van der Waals surface area (Å²) in [5, 5.41) is 18.6. The zero-order valence-electron chi connectivity index (χ0n) is 19.3. The number of rotatable bonds is 9. The van der Waals surface area contributed by atoms with E-state index >= 15 is 0 Å². The van der Waals surface area contributed by atoms with Gasteiger partial charge in [0, 0.05) is 23.3 Å². The lowest BCUT2D eigenvalue weighted by molar-refractivity contribution is -0.384. The maximum Gasteiger partial charge on any atom is 0.330 e. The molecule has 0 spiro atoms. The lowest BCUT2D eigenvalue weighted by atomic mass is 10.0. The second-order valence-electron chi connectivity index (χ2n) is 8.01. The van der Waals surface area contributed by atoms with Crippen molar-refractivity contribution in [2.75, 3.05) is 24.6 Å². The van der Waals surface area contributed by atoms with Crippen molar-refractivity contribution in [2.24, 2.45) is 5.16 Å². The molecule has 13 nitrogen and oxygen atoms in total. The quantitative estimate of drug-likeness (QED) is 0.112. The number of β-lactam (4-membered cyclic amide) rings is 1. The van der Waals surface area contributed by atoms with E-state index in [0.29, 0.717) is 5.56 Å². The van der Waals surface area contributed by atoms with Crippen molar-refractivity contribution >= 4 is 69.0 Å². The molecule has 2 unspecified atom stereocenters. The van der Waals surface area contributed by atoms with Crippen LogP contribution >= 0.6 is 34.7 Å². The molecular formula is C21H21ClN6O7S2. The number of nitrogen functional groups attached to an aromatic ring is 1. The van der Waals surface area contributed by atoms with Crippen molar-refractivity contribution in [3.05, 3.63) is 51.0 Å². The molecule has 2 aliphatic rings. The third kappa shape index (κ3) is 5.62. The molecule has 196 valence electrons. The number of hydrogen-bond acceptors (Lipinski definition) is 12. The Morgan fingerprint density at radius 2 is 2.14 bits per heavy atom. The largest absolute Gasteiger partial charge is 0.459 e. The van der Waals surface area contributed by atoms with E-state index in [2.05, 4.69) is 15.5 Å². The Morgan fingerprint density at radius 3 is 2.76 bits per heavy atom. The van der Waals surface area contributed by atoms with Crippen LogP contribution in [0.3, 0.4) is 0 Å². The number of fused-ring (bicyclic) bond motifs is 1. The third-order valence-electron chi connectivity index (χ3n) is 5.48. The van der Waals surface area contributed by atoms with E-state index in [9.17, 15) is 24.5 Å². The number of carbonyl (C=O) groups excluding carboxylic acids is 3. The molecule has 4 rings (SSSR count). The minimum Gasteiger partial charge on any atom is -0.459 e. The Morgan fingerprint density at radius 1 is 1.41 bits per heavy atom. The van der Waals surface area contributed by atoms with Gasteiger partial charge in [0.2, 0.25) is 5.91 Å². The number of thiazole rings is 1. The highest BCUT2D eigenvalue weighted by molar-refractivity contribution is 8.00. The van der Waals surface area contributed by atoms with Gasteiger partial charge in [0.1, 0.15) is 30.3 Å². The number of alkyl halides is 1. The Labute approximate surface area is 223 Å². The molecule has 2 aromatic rings. The number of carbonyl (C=O) groups is 3. The average Bonchev–Trinajstić information content (AvgIpc) is 3.32. The summed E-state index contributed by atoms with van der Waals surface area (Å²) in [6.07, 6.45) is 0. The van der Waals surface area contributed by atoms with E-state index in [1.54, 1.807) is 12.3 Å². The lowest BCUT2D eigenvalue weighted by Gasteiger charge is -2.52.